The molecular formula is C20H41N11O4. The van der Waals surface area contributed by atoms with E-state index >= 15 is 0 Å². The second kappa shape index (κ2) is 17.8. The number of carbonyl (C=O) groups is 4. The van der Waals surface area contributed by atoms with Gasteiger partial charge < -0.3 is 49.5 Å². The molecule has 0 aliphatic rings. The molecule has 15 nitrogen and oxygen atoms in total. The van der Waals surface area contributed by atoms with Crippen LogP contribution < -0.4 is 49.5 Å². The van der Waals surface area contributed by atoms with Crippen molar-refractivity contribution >= 4 is 35.5 Å². The van der Waals surface area contributed by atoms with Crippen molar-refractivity contribution in [2.45, 2.75) is 70.0 Å². The SMILES string of the molecule is CC(=O)N[C@@H](CCCNC(=N)N)C(=O)N[C@@H](CCCCN)C(=O)N[C@@H](CCCNC(=N)N)C(N)=O. The molecule has 0 heterocycles. The molecule has 3 atom stereocenters. The lowest BCUT2D eigenvalue weighted by Crippen LogP contribution is -2.56. The van der Waals surface area contributed by atoms with Crippen molar-refractivity contribution < 1.29 is 19.2 Å². The van der Waals surface area contributed by atoms with E-state index in [-0.39, 0.29) is 31.2 Å². The van der Waals surface area contributed by atoms with E-state index in [0.717, 1.165) is 0 Å². The van der Waals surface area contributed by atoms with E-state index in [1.54, 1.807) is 0 Å². The predicted octanol–water partition coefficient (Wildman–Crippen LogP) is -3.40. The first-order valence-electron chi connectivity index (χ1n) is 11.5. The van der Waals surface area contributed by atoms with Gasteiger partial charge in [0.2, 0.25) is 23.6 Å². The van der Waals surface area contributed by atoms with Crippen LogP contribution in [0.3, 0.4) is 0 Å². The number of guanidine groups is 2. The van der Waals surface area contributed by atoms with Crippen LogP contribution in [0.25, 0.3) is 0 Å². The number of amides is 4. The minimum absolute atomic E-state index is 0.205. The van der Waals surface area contributed by atoms with E-state index in [4.69, 9.17) is 33.8 Å². The van der Waals surface area contributed by atoms with Crippen LogP contribution in [0.4, 0.5) is 0 Å². The Bertz CT molecular complexity index is 732. The lowest BCUT2D eigenvalue weighted by molar-refractivity contribution is -0.133. The summed E-state index contributed by atoms with van der Waals surface area (Å²) in [5.74, 6) is -2.71. The minimum atomic E-state index is -0.978. The minimum Gasteiger partial charge on any atom is -0.370 e. The molecule has 0 aliphatic carbocycles. The highest BCUT2D eigenvalue weighted by atomic mass is 16.2. The average Bonchev–Trinajstić information content (AvgIpc) is 2.76. The molecule has 0 radical (unpaired) electrons. The first kappa shape index (κ1) is 31.4. The summed E-state index contributed by atoms with van der Waals surface area (Å²) in [7, 11) is 0. The van der Waals surface area contributed by atoms with E-state index in [1.165, 1.54) is 6.92 Å². The van der Waals surface area contributed by atoms with E-state index in [9.17, 15) is 19.2 Å². The van der Waals surface area contributed by atoms with Gasteiger partial charge in [0.25, 0.3) is 0 Å². The van der Waals surface area contributed by atoms with Crippen molar-refractivity contribution in [2.75, 3.05) is 19.6 Å². The Kier molecular flexibility index (Phi) is 16.0. The summed E-state index contributed by atoms with van der Waals surface area (Å²) in [6.07, 6.45) is 2.74. The van der Waals surface area contributed by atoms with Crippen molar-refractivity contribution in [1.29, 1.82) is 10.8 Å². The van der Waals surface area contributed by atoms with Crippen LogP contribution in [0.5, 0.6) is 0 Å². The number of nitrogens with one attached hydrogen (secondary N) is 7. The molecule has 0 bridgehead atoms. The van der Waals surface area contributed by atoms with Crippen LogP contribution in [-0.2, 0) is 19.2 Å². The van der Waals surface area contributed by atoms with Gasteiger partial charge in [0, 0.05) is 20.0 Å². The van der Waals surface area contributed by atoms with Crippen molar-refractivity contribution in [3.63, 3.8) is 0 Å². The molecule has 0 spiro atoms. The fraction of sp³-hybridized carbons (Fsp3) is 0.700. The quantitative estimate of drug-likeness (QED) is 0.0508. The van der Waals surface area contributed by atoms with Gasteiger partial charge in [-0.1, -0.05) is 0 Å². The van der Waals surface area contributed by atoms with Crippen molar-refractivity contribution in [3.8, 4) is 0 Å². The summed E-state index contributed by atoms with van der Waals surface area (Å²) in [6.45, 7) is 2.34. The largest absolute Gasteiger partial charge is 0.370 e. The Morgan fingerprint density at radius 1 is 0.686 bits per heavy atom. The molecule has 0 aromatic carbocycles. The smallest absolute Gasteiger partial charge is 0.243 e. The summed E-state index contributed by atoms with van der Waals surface area (Å²) < 4.78 is 0. The molecule has 4 amide bonds. The molecule has 15 N–H and O–H groups in total. The molecule has 15 heteroatoms. The van der Waals surface area contributed by atoms with Gasteiger partial charge in [0.1, 0.15) is 18.1 Å². The second-order valence-electron chi connectivity index (χ2n) is 8.03. The van der Waals surface area contributed by atoms with E-state index in [2.05, 4.69) is 26.6 Å². The summed E-state index contributed by atoms with van der Waals surface area (Å²) in [5, 5.41) is 27.3. The maximum Gasteiger partial charge on any atom is 0.243 e. The zero-order valence-corrected chi connectivity index (χ0v) is 20.2. The molecule has 35 heavy (non-hydrogen) atoms. The third kappa shape index (κ3) is 15.8. The first-order chi connectivity index (χ1) is 16.5. The maximum absolute atomic E-state index is 12.9. The third-order valence-electron chi connectivity index (χ3n) is 4.90. The Balaban J connectivity index is 5.24. The van der Waals surface area contributed by atoms with Gasteiger partial charge in [-0.15, -0.1) is 0 Å². The first-order valence-corrected chi connectivity index (χ1v) is 11.5. The van der Waals surface area contributed by atoms with Crippen LogP contribution in [-0.4, -0.2) is 73.3 Å². The molecule has 200 valence electrons. The topological polar surface area (TPSA) is 280 Å². The normalized spacial score (nSPS) is 13.0. The molecular weight excluding hydrogens is 458 g/mol. The van der Waals surface area contributed by atoms with Crippen LogP contribution in [0.2, 0.25) is 0 Å². The molecule has 0 saturated heterocycles. The summed E-state index contributed by atoms with van der Waals surface area (Å²) in [6, 6.07) is -2.86. The van der Waals surface area contributed by atoms with E-state index in [0.29, 0.717) is 45.3 Å². The van der Waals surface area contributed by atoms with Gasteiger partial charge in [-0.3, -0.25) is 30.0 Å². The van der Waals surface area contributed by atoms with Crippen molar-refractivity contribution in [3.05, 3.63) is 0 Å². The highest BCUT2D eigenvalue weighted by molar-refractivity contribution is 5.93. The van der Waals surface area contributed by atoms with Gasteiger partial charge in [-0.2, -0.15) is 0 Å². The monoisotopic (exact) mass is 499 g/mol. The summed E-state index contributed by atoms with van der Waals surface area (Å²) in [4.78, 5) is 49.3. The Morgan fingerprint density at radius 3 is 1.54 bits per heavy atom. The Labute approximate surface area is 205 Å². The highest BCUT2D eigenvalue weighted by Crippen LogP contribution is 2.06. The predicted molar refractivity (Wildman–Crippen MR) is 132 cm³/mol. The standard InChI is InChI=1S/C20H41N11O4/c1-12(32)29-14(8-5-11-28-20(25)26)17(34)31-15(6-2-3-9-21)18(35)30-13(16(22)33)7-4-10-27-19(23)24/h13-15H,2-11,21H2,1H3,(H2,22,33)(H,29,32)(H,30,35)(H,31,34)(H4,23,24,27)(H4,25,26,28)/t13-,14-,15-/m0/s1. The van der Waals surface area contributed by atoms with Crippen molar-refractivity contribution in [1.82, 2.24) is 26.6 Å². The van der Waals surface area contributed by atoms with Gasteiger partial charge in [-0.05, 0) is 51.5 Å². The molecule has 0 unspecified atom stereocenters. The summed E-state index contributed by atoms with van der Waals surface area (Å²) >= 11 is 0. The zero-order valence-electron chi connectivity index (χ0n) is 20.2. The van der Waals surface area contributed by atoms with Crippen molar-refractivity contribution in [2.24, 2.45) is 22.9 Å². The molecule has 0 aliphatic heterocycles. The second-order valence-corrected chi connectivity index (χ2v) is 8.03. The fourth-order valence-corrected chi connectivity index (χ4v) is 3.16. The van der Waals surface area contributed by atoms with Gasteiger partial charge in [0.05, 0.1) is 0 Å². The molecule has 0 saturated carbocycles. The molecule has 0 fully saturated rings. The number of hydrogen-bond donors (Lipinski definition) is 11. The van der Waals surface area contributed by atoms with E-state index in [1.807, 2.05) is 0 Å². The third-order valence-corrected chi connectivity index (χ3v) is 4.90. The number of carbonyl (C=O) groups excluding carboxylic acids is 4. The van der Waals surface area contributed by atoms with Gasteiger partial charge in [-0.25, -0.2) is 0 Å². The van der Waals surface area contributed by atoms with Crippen LogP contribution >= 0.6 is 0 Å². The zero-order chi connectivity index (χ0) is 26.8. The molecule has 0 rings (SSSR count). The van der Waals surface area contributed by atoms with Crippen LogP contribution in [0.1, 0.15) is 51.9 Å². The lowest BCUT2D eigenvalue weighted by atomic mass is 10.0. The fourth-order valence-electron chi connectivity index (χ4n) is 3.16. The number of primary amides is 1. The highest BCUT2D eigenvalue weighted by Gasteiger charge is 2.28. The summed E-state index contributed by atoms with van der Waals surface area (Å²) in [5.41, 5.74) is 21.4. The number of hydrogen-bond acceptors (Lipinski definition) is 7. The Hall–Kier alpha value is -3.62. The van der Waals surface area contributed by atoms with Crippen LogP contribution in [0.15, 0.2) is 0 Å². The van der Waals surface area contributed by atoms with Gasteiger partial charge >= 0.3 is 0 Å². The lowest BCUT2D eigenvalue weighted by Gasteiger charge is -2.25. The van der Waals surface area contributed by atoms with E-state index < -0.39 is 41.8 Å². The Morgan fingerprint density at radius 2 is 1.11 bits per heavy atom. The van der Waals surface area contributed by atoms with Gasteiger partial charge in [0.15, 0.2) is 11.9 Å². The van der Waals surface area contributed by atoms with Crippen LogP contribution in [0, 0.1) is 10.8 Å². The maximum atomic E-state index is 12.9. The molecule has 0 aromatic rings. The number of unbranched alkanes of at least 4 members (excludes halogenated alkanes) is 1. The molecule has 0 aromatic heterocycles. The number of rotatable bonds is 18. The number of nitrogens with two attached hydrogens (primary N) is 4. The average molecular weight is 500 g/mol.